The second kappa shape index (κ2) is 12.6. The molecule has 3 rings (SSSR count). The molecule has 9 nitrogen and oxygen atoms in total. The fraction of sp³-hybridized carbons (Fsp3) is 0.742. The third kappa shape index (κ3) is 8.72. The molecule has 3 atom stereocenters. The van der Waals surface area contributed by atoms with Crippen LogP contribution in [0.2, 0.25) is 55.9 Å². The van der Waals surface area contributed by atoms with Crippen LogP contribution < -0.4 is 5.32 Å². The Labute approximate surface area is 262 Å². The second-order valence-corrected chi connectivity index (χ2v) is 31.1. The average molecular weight is 648 g/mol. The van der Waals surface area contributed by atoms with Crippen LogP contribution in [0.1, 0.15) is 73.7 Å². The quantitative estimate of drug-likeness (QED) is 0.261. The van der Waals surface area contributed by atoms with Crippen LogP contribution in [0.5, 0.6) is 0 Å². The minimum atomic E-state index is -2.09. The first kappa shape index (κ1) is 35.8. The Hall–Kier alpha value is -1.71. The van der Waals surface area contributed by atoms with Gasteiger partial charge in [0.2, 0.25) is 11.9 Å². The first-order valence-corrected chi connectivity index (χ1v) is 25.0. The number of carbonyl (C=O) groups is 1. The maximum Gasteiger partial charge on any atom is 0.232 e. The maximum atomic E-state index is 12.6. The predicted molar refractivity (Wildman–Crippen MR) is 185 cm³/mol. The number of amides is 1. The van der Waals surface area contributed by atoms with E-state index in [2.05, 4.69) is 98.4 Å². The van der Waals surface area contributed by atoms with Crippen molar-refractivity contribution in [2.45, 2.75) is 136 Å². The third-order valence-corrected chi connectivity index (χ3v) is 19.3. The highest BCUT2D eigenvalue weighted by molar-refractivity contribution is 6.81. The SMILES string of the molecule is CC(C)C(=O)Nc1nc(/C=C/[Si](C)(C)C)c2ncn([C@H]3C[C@H](O[Si](C)(C)C(C)(C)C)[C@@H](CO[Si](C)(C)C(C)(C)C)O3)c2n1. The highest BCUT2D eigenvalue weighted by Crippen LogP contribution is 2.43. The Bertz CT molecular complexity index is 1320. The molecule has 2 aromatic heterocycles. The Morgan fingerprint density at radius 2 is 1.65 bits per heavy atom. The van der Waals surface area contributed by atoms with Crippen molar-refractivity contribution in [1.29, 1.82) is 0 Å². The molecule has 0 radical (unpaired) electrons. The molecule has 0 aliphatic carbocycles. The van der Waals surface area contributed by atoms with E-state index in [0.717, 1.165) is 0 Å². The van der Waals surface area contributed by atoms with E-state index in [9.17, 15) is 4.79 Å². The van der Waals surface area contributed by atoms with Crippen molar-refractivity contribution in [3.05, 3.63) is 17.7 Å². The van der Waals surface area contributed by atoms with E-state index in [4.69, 9.17) is 28.5 Å². The fourth-order valence-electron chi connectivity index (χ4n) is 4.11. The molecule has 3 heterocycles. The Balaban J connectivity index is 2.04. The van der Waals surface area contributed by atoms with Crippen LogP contribution in [0.15, 0.2) is 12.0 Å². The molecule has 0 saturated carbocycles. The van der Waals surface area contributed by atoms with E-state index in [1.165, 1.54) is 0 Å². The molecule has 12 heteroatoms. The lowest BCUT2D eigenvalue weighted by Crippen LogP contribution is -2.48. The number of hydrogen-bond acceptors (Lipinski definition) is 7. The summed E-state index contributed by atoms with van der Waals surface area (Å²) in [5.41, 5.74) is 4.23. The van der Waals surface area contributed by atoms with Gasteiger partial charge >= 0.3 is 0 Å². The van der Waals surface area contributed by atoms with Gasteiger partial charge in [-0.3, -0.25) is 14.7 Å². The van der Waals surface area contributed by atoms with Crippen LogP contribution in [-0.4, -0.2) is 68.9 Å². The van der Waals surface area contributed by atoms with Gasteiger partial charge in [-0.05, 0) is 42.3 Å². The monoisotopic (exact) mass is 647 g/mol. The van der Waals surface area contributed by atoms with E-state index in [0.29, 0.717) is 29.9 Å². The Morgan fingerprint density at radius 3 is 2.19 bits per heavy atom. The standard InChI is InChI=1S/C31H57N5O4Si3/c1-21(2)28(37)35-29-33-22(16-17-41(9,10)11)26-27(34-29)36(20-32-26)25-18-23(40-43(14,15)31(6,7)8)24(39-25)19-38-42(12,13)30(3,4)5/h16-17,20-21,23-25H,18-19H2,1-15H3,(H,33,34,35,37)/b17-16+/t23-,24+,25+/m0/s1. The zero-order valence-corrected chi connectivity index (χ0v) is 32.4. The van der Waals surface area contributed by atoms with Crippen molar-refractivity contribution in [1.82, 2.24) is 19.5 Å². The molecular weight excluding hydrogens is 591 g/mol. The summed E-state index contributed by atoms with van der Waals surface area (Å²) in [6.07, 6.45) is 3.77. The molecule has 1 amide bonds. The van der Waals surface area contributed by atoms with E-state index in [1.54, 1.807) is 6.33 Å². The summed E-state index contributed by atoms with van der Waals surface area (Å²) < 4.78 is 22.4. The summed E-state index contributed by atoms with van der Waals surface area (Å²) in [7, 11) is -5.62. The Kier molecular flexibility index (Phi) is 10.5. The van der Waals surface area contributed by atoms with Gasteiger partial charge in [0.05, 0.1) is 32.8 Å². The summed E-state index contributed by atoms with van der Waals surface area (Å²) >= 11 is 0. The molecule has 1 saturated heterocycles. The summed E-state index contributed by atoms with van der Waals surface area (Å²) in [6, 6.07) is 0. The lowest BCUT2D eigenvalue weighted by molar-refractivity contribution is -0.118. The Morgan fingerprint density at radius 1 is 1.05 bits per heavy atom. The minimum absolute atomic E-state index is 0.0615. The van der Waals surface area contributed by atoms with Gasteiger partial charge in [-0.1, -0.05) is 80.7 Å². The van der Waals surface area contributed by atoms with Gasteiger partial charge in [0.25, 0.3) is 0 Å². The van der Waals surface area contributed by atoms with Crippen LogP contribution in [0.3, 0.4) is 0 Å². The number of hydrogen-bond donors (Lipinski definition) is 1. The average Bonchev–Trinajstić information content (AvgIpc) is 3.42. The molecular formula is C31H57N5O4Si3. The topological polar surface area (TPSA) is 100 Å². The molecule has 0 unspecified atom stereocenters. The van der Waals surface area contributed by atoms with E-state index >= 15 is 0 Å². The molecule has 1 fully saturated rings. The van der Waals surface area contributed by atoms with Crippen molar-refractivity contribution in [2.75, 3.05) is 11.9 Å². The normalized spacial score (nSPS) is 21.0. The maximum absolute atomic E-state index is 12.6. The largest absolute Gasteiger partial charge is 0.414 e. The highest BCUT2D eigenvalue weighted by atomic mass is 28.4. The van der Waals surface area contributed by atoms with Gasteiger partial charge in [-0.2, -0.15) is 4.98 Å². The summed E-state index contributed by atoms with van der Waals surface area (Å²) in [5.74, 6) is -0.0559. The summed E-state index contributed by atoms with van der Waals surface area (Å²) in [6.45, 7) is 33.6. The van der Waals surface area contributed by atoms with Gasteiger partial charge in [-0.15, -0.1) is 0 Å². The molecule has 43 heavy (non-hydrogen) atoms. The number of fused-ring (bicyclic) bond motifs is 1. The number of rotatable bonds is 10. The molecule has 1 aliphatic rings. The summed E-state index contributed by atoms with van der Waals surface area (Å²) in [4.78, 5) is 26.8. The smallest absolute Gasteiger partial charge is 0.232 e. The molecule has 1 aliphatic heterocycles. The molecule has 0 bridgehead atoms. The number of anilines is 1. The zero-order valence-electron chi connectivity index (χ0n) is 29.4. The van der Waals surface area contributed by atoms with Crippen molar-refractivity contribution in [2.24, 2.45) is 5.92 Å². The fourth-order valence-corrected chi connectivity index (χ4v) is 7.14. The van der Waals surface area contributed by atoms with Crippen LogP contribution >= 0.6 is 0 Å². The number of aromatic nitrogens is 4. The van der Waals surface area contributed by atoms with Gasteiger partial charge in [-0.25, -0.2) is 9.97 Å². The minimum Gasteiger partial charge on any atom is -0.414 e. The first-order valence-electron chi connectivity index (χ1n) is 15.6. The predicted octanol–water partition coefficient (Wildman–Crippen LogP) is 8.01. The van der Waals surface area contributed by atoms with Gasteiger partial charge in [0, 0.05) is 12.3 Å². The van der Waals surface area contributed by atoms with Crippen molar-refractivity contribution in [3.8, 4) is 0 Å². The van der Waals surface area contributed by atoms with Gasteiger partial charge in [0.1, 0.15) is 17.8 Å². The molecule has 0 spiro atoms. The lowest BCUT2D eigenvalue weighted by atomic mass is 10.2. The second-order valence-electron chi connectivity index (χ2n) is 16.5. The van der Waals surface area contributed by atoms with Crippen molar-refractivity contribution >= 4 is 53.8 Å². The van der Waals surface area contributed by atoms with E-state index in [1.807, 2.05) is 24.5 Å². The molecule has 1 N–H and O–H groups in total. The van der Waals surface area contributed by atoms with Crippen LogP contribution in [0, 0.1) is 5.92 Å². The summed E-state index contributed by atoms with van der Waals surface area (Å²) in [5, 5.41) is 3.05. The zero-order chi connectivity index (χ0) is 32.8. The van der Waals surface area contributed by atoms with Crippen molar-refractivity contribution in [3.63, 3.8) is 0 Å². The van der Waals surface area contributed by atoms with E-state index in [-0.39, 0.29) is 46.3 Å². The number of ether oxygens (including phenoxy) is 1. The molecule has 0 aromatic carbocycles. The number of imidazole rings is 1. The third-order valence-electron chi connectivity index (χ3n) is 9.11. The number of nitrogens with one attached hydrogen (secondary N) is 1. The number of carbonyl (C=O) groups excluding carboxylic acids is 1. The first-order chi connectivity index (χ1) is 19.4. The van der Waals surface area contributed by atoms with Crippen molar-refractivity contribution < 1.29 is 18.4 Å². The van der Waals surface area contributed by atoms with Crippen LogP contribution in [0.25, 0.3) is 17.2 Å². The highest BCUT2D eigenvalue weighted by Gasteiger charge is 2.47. The van der Waals surface area contributed by atoms with Crippen LogP contribution in [-0.2, 0) is 18.4 Å². The number of nitrogens with zero attached hydrogens (tertiary/aromatic N) is 4. The van der Waals surface area contributed by atoms with Gasteiger partial charge < -0.3 is 13.6 Å². The lowest BCUT2D eigenvalue weighted by Gasteiger charge is -2.40. The molecule has 242 valence electrons. The van der Waals surface area contributed by atoms with E-state index < -0.39 is 24.7 Å². The molecule has 2 aromatic rings. The van der Waals surface area contributed by atoms with Gasteiger partial charge in [0.15, 0.2) is 22.3 Å². The van der Waals surface area contributed by atoms with Crippen LogP contribution in [0.4, 0.5) is 5.95 Å².